The number of rotatable bonds is 0. The number of para-hydroxylation sites is 1. The standard InChI is InChI=1S/C27H13N3/c28-14-19-12-23-21-9-16-5-1-2-6-17(16)10-22(21)24-11-18-7-3-4-8-26(18)30-27(24)25(23)13-20(19)15-29/h1-13H. The fourth-order valence-electron chi connectivity index (χ4n) is 4.42. The Morgan fingerprint density at radius 3 is 1.67 bits per heavy atom. The Morgan fingerprint density at radius 1 is 0.533 bits per heavy atom. The van der Waals surface area contributed by atoms with Gasteiger partial charge in [-0.05, 0) is 63.3 Å². The molecule has 1 aromatic heterocycles. The zero-order valence-electron chi connectivity index (χ0n) is 15.8. The van der Waals surface area contributed by atoms with Gasteiger partial charge in [-0.2, -0.15) is 10.5 Å². The monoisotopic (exact) mass is 379 g/mol. The van der Waals surface area contributed by atoms with Crippen LogP contribution in [0.15, 0.2) is 78.9 Å². The number of pyridine rings is 1. The molecule has 0 saturated carbocycles. The summed E-state index contributed by atoms with van der Waals surface area (Å²) in [4.78, 5) is 4.97. The van der Waals surface area contributed by atoms with Crippen molar-refractivity contribution >= 4 is 54.1 Å². The Morgan fingerprint density at radius 2 is 1.00 bits per heavy atom. The summed E-state index contributed by atoms with van der Waals surface area (Å²) in [6.45, 7) is 0. The highest BCUT2D eigenvalue weighted by atomic mass is 14.7. The molecule has 0 saturated heterocycles. The van der Waals surface area contributed by atoms with Gasteiger partial charge in [-0.15, -0.1) is 0 Å². The van der Waals surface area contributed by atoms with Crippen LogP contribution in [0.2, 0.25) is 0 Å². The van der Waals surface area contributed by atoms with Gasteiger partial charge in [0.15, 0.2) is 0 Å². The molecule has 0 aliphatic carbocycles. The zero-order valence-corrected chi connectivity index (χ0v) is 15.8. The Kier molecular flexibility index (Phi) is 3.30. The number of fused-ring (bicyclic) bond motifs is 8. The molecule has 0 fully saturated rings. The minimum absolute atomic E-state index is 0.376. The van der Waals surface area contributed by atoms with Crippen LogP contribution in [0.4, 0.5) is 0 Å². The number of hydrogen-bond donors (Lipinski definition) is 0. The summed E-state index contributed by atoms with van der Waals surface area (Å²) in [5, 5.41) is 27.6. The molecule has 0 N–H and O–H groups in total. The molecular formula is C27H13N3. The van der Waals surface area contributed by atoms with E-state index in [4.69, 9.17) is 4.98 Å². The molecular weight excluding hydrogens is 366 g/mol. The molecule has 0 bridgehead atoms. The summed E-state index contributed by atoms with van der Waals surface area (Å²) < 4.78 is 0. The fraction of sp³-hybridized carbons (Fsp3) is 0. The largest absolute Gasteiger partial charge is 0.247 e. The van der Waals surface area contributed by atoms with Crippen LogP contribution in [0.25, 0.3) is 54.1 Å². The van der Waals surface area contributed by atoms with E-state index in [-0.39, 0.29) is 0 Å². The second kappa shape index (κ2) is 6.01. The topological polar surface area (TPSA) is 60.5 Å². The molecule has 3 nitrogen and oxygen atoms in total. The van der Waals surface area contributed by atoms with Crippen LogP contribution < -0.4 is 0 Å². The van der Waals surface area contributed by atoms with Crippen LogP contribution in [0.5, 0.6) is 0 Å². The predicted octanol–water partition coefficient (Wildman–Crippen LogP) is 6.59. The van der Waals surface area contributed by atoms with Gasteiger partial charge in [0.25, 0.3) is 0 Å². The lowest BCUT2D eigenvalue weighted by Gasteiger charge is -2.13. The van der Waals surface area contributed by atoms with Crippen LogP contribution in [0.3, 0.4) is 0 Å². The van der Waals surface area contributed by atoms with Crippen molar-refractivity contribution in [3.8, 4) is 12.1 Å². The molecule has 1 heterocycles. The number of hydrogen-bond acceptors (Lipinski definition) is 3. The Hall–Kier alpha value is -4.47. The summed E-state index contributed by atoms with van der Waals surface area (Å²) in [6.07, 6.45) is 0. The van der Waals surface area contributed by atoms with Crippen molar-refractivity contribution in [3.05, 3.63) is 90.0 Å². The minimum Gasteiger partial charge on any atom is -0.247 e. The molecule has 136 valence electrons. The van der Waals surface area contributed by atoms with Crippen LogP contribution >= 0.6 is 0 Å². The number of benzene rings is 5. The van der Waals surface area contributed by atoms with Crippen LogP contribution in [0.1, 0.15) is 11.1 Å². The van der Waals surface area contributed by atoms with E-state index in [1.807, 2.05) is 42.5 Å². The summed E-state index contributed by atoms with van der Waals surface area (Å²) in [6, 6.07) is 30.9. The summed E-state index contributed by atoms with van der Waals surface area (Å²) >= 11 is 0. The third kappa shape index (κ3) is 2.21. The van der Waals surface area contributed by atoms with Gasteiger partial charge in [0.05, 0.1) is 22.2 Å². The number of nitrogens with zero attached hydrogens (tertiary/aromatic N) is 3. The second-order valence-corrected chi connectivity index (χ2v) is 7.49. The van der Waals surface area contributed by atoms with Crippen LogP contribution in [-0.4, -0.2) is 4.98 Å². The fourth-order valence-corrected chi connectivity index (χ4v) is 4.42. The molecule has 30 heavy (non-hydrogen) atoms. The molecule has 5 aromatic carbocycles. The maximum Gasteiger partial charge on any atom is 0.101 e. The van der Waals surface area contributed by atoms with E-state index in [9.17, 15) is 10.5 Å². The third-order valence-corrected chi connectivity index (χ3v) is 5.84. The van der Waals surface area contributed by atoms with Gasteiger partial charge in [-0.25, -0.2) is 4.98 Å². The number of aromatic nitrogens is 1. The Balaban J connectivity index is 1.96. The quantitative estimate of drug-likeness (QED) is 0.221. The molecule has 3 heteroatoms. The highest BCUT2D eigenvalue weighted by molar-refractivity contribution is 6.27. The summed E-state index contributed by atoms with van der Waals surface area (Å²) in [7, 11) is 0. The normalized spacial score (nSPS) is 11.3. The molecule has 0 spiro atoms. The van der Waals surface area contributed by atoms with Gasteiger partial charge >= 0.3 is 0 Å². The molecule has 6 aromatic rings. The van der Waals surface area contributed by atoms with Gasteiger partial charge in [0.1, 0.15) is 12.1 Å². The van der Waals surface area contributed by atoms with E-state index in [1.165, 1.54) is 0 Å². The van der Waals surface area contributed by atoms with Crippen molar-refractivity contribution in [2.75, 3.05) is 0 Å². The van der Waals surface area contributed by atoms with Crippen molar-refractivity contribution in [1.29, 1.82) is 10.5 Å². The van der Waals surface area contributed by atoms with Crippen molar-refractivity contribution < 1.29 is 0 Å². The van der Waals surface area contributed by atoms with E-state index in [0.29, 0.717) is 11.1 Å². The predicted molar refractivity (Wildman–Crippen MR) is 121 cm³/mol. The molecule has 0 unspecified atom stereocenters. The SMILES string of the molecule is N#Cc1cc2c3cc4ccccc4cc3c3cc4ccccc4nc3c2cc1C#N. The van der Waals surface area contributed by atoms with E-state index >= 15 is 0 Å². The van der Waals surface area contributed by atoms with Crippen molar-refractivity contribution in [2.24, 2.45) is 0 Å². The zero-order chi connectivity index (χ0) is 20.2. The van der Waals surface area contributed by atoms with Crippen LogP contribution in [0, 0.1) is 22.7 Å². The van der Waals surface area contributed by atoms with Gasteiger partial charge in [-0.1, -0.05) is 42.5 Å². The molecule has 0 aliphatic rings. The highest BCUT2D eigenvalue weighted by Crippen LogP contribution is 2.38. The molecule has 0 amide bonds. The van der Waals surface area contributed by atoms with Crippen molar-refractivity contribution in [2.45, 2.75) is 0 Å². The first-order chi connectivity index (χ1) is 14.8. The Bertz CT molecular complexity index is 1630. The van der Waals surface area contributed by atoms with Crippen molar-refractivity contribution in [1.82, 2.24) is 4.98 Å². The van der Waals surface area contributed by atoms with E-state index in [2.05, 4.69) is 48.5 Å². The average molecular weight is 379 g/mol. The molecule has 0 atom stereocenters. The first kappa shape index (κ1) is 16.5. The van der Waals surface area contributed by atoms with E-state index in [1.54, 1.807) is 0 Å². The summed E-state index contributed by atoms with van der Waals surface area (Å²) in [5.74, 6) is 0. The van der Waals surface area contributed by atoms with Gasteiger partial charge in [0, 0.05) is 16.2 Å². The molecule has 0 aliphatic heterocycles. The lowest BCUT2D eigenvalue weighted by atomic mass is 9.91. The maximum atomic E-state index is 9.59. The maximum absolute atomic E-state index is 9.59. The van der Waals surface area contributed by atoms with E-state index in [0.717, 1.165) is 54.1 Å². The average Bonchev–Trinajstić information content (AvgIpc) is 2.81. The van der Waals surface area contributed by atoms with Gasteiger partial charge < -0.3 is 0 Å². The lowest BCUT2D eigenvalue weighted by molar-refractivity contribution is 1.44. The van der Waals surface area contributed by atoms with Crippen LogP contribution in [-0.2, 0) is 0 Å². The molecule has 0 radical (unpaired) electrons. The lowest BCUT2D eigenvalue weighted by Crippen LogP contribution is -1.91. The second-order valence-electron chi connectivity index (χ2n) is 7.49. The minimum atomic E-state index is 0.376. The van der Waals surface area contributed by atoms with Crippen molar-refractivity contribution in [3.63, 3.8) is 0 Å². The van der Waals surface area contributed by atoms with Gasteiger partial charge in [0.2, 0.25) is 0 Å². The third-order valence-electron chi connectivity index (χ3n) is 5.84. The first-order valence-electron chi connectivity index (χ1n) is 9.69. The first-order valence-corrected chi connectivity index (χ1v) is 9.69. The number of nitriles is 2. The highest BCUT2D eigenvalue weighted by Gasteiger charge is 2.15. The summed E-state index contributed by atoms with van der Waals surface area (Å²) in [5.41, 5.74) is 2.53. The molecule has 6 rings (SSSR count). The van der Waals surface area contributed by atoms with Gasteiger partial charge in [-0.3, -0.25) is 0 Å². The van der Waals surface area contributed by atoms with E-state index < -0.39 is 0 Å². The Labute approximate surface area is 172 Å². The smallest absolute Gasteiger partial charge is 0.101 e.